The number of piperidine rings is 1. The van der Waals surface area contributed by atoms with Crippen LogP contribution in [0.1, 0.15) is 54.8 Å². The Balaban J connectivity index is 1.46. The molecule has 2 aromatic rings. The minimum absolute atomic E-state index is 0.236. The van der Waals surface area contributed by atoms with E-state index in [-0.39, 0.29) is 5.91 Å². The predicted molar refractivity (Wildman–Crippen MR) is 111 cm³/mol. The molecule has 0 radical (unpaired) electrons. The van der Waals surface area contributed by atoms with E-state index in [1.807, 2.05) is 23.4 Å². The lowest BCUT2D eigenvalue weighted by Gasteiger charge is -2.33. The summed E-state index contributed by atoms with van der Waals surface area (Å²) in [6, 6.07) is 4.02. The summed E-state index contributed by atoms with van der Waals surface area (Å²) in [5.41, 5.74) is 4.39. The lowest BCUT2D eigenvalue weighted by Crippen LogP contribution is -2.40. The van der Waals surface area contributed by atoms with Gasteiger partial charge in [0, 0.05) is 48.9 Å². The fourth-order valence-electron chi connectivity index (χ4n) is 4.01. The number of allylic oxidation sites excluding steroid dienone is 1. The van der Waals surface area contributed by atoms with Gasteiger partial charge in [0.2, 0.25) is 5.91 Å². The van der Waals surface area contributed by atoms with Gasteiger partial charge < -0.3 is 4.90 Å². The molecule has 0 aromatic carbocycles. The quantitative estimate of drug-likeness (QED) is 0.559. The van der Waals surface area contributed by atoms with E-state index in [1.54, 1.807) is 18.0 Å². The van der Waals surface area contributed by atoms with Gasteiger partial charge in [0.1, 0.15) is 0 Å². The van der Waals surface area contributed by atoms with Crippen molar-refractivity contribution in [2.45, 2.75) is 55.9 Å². The molecule has 2 aromatic heterocycles. The third kappa shape index (κ3) is 4.43. The molecule has 5 nitrogen and oxygen atoms in total. The van der Waals surface area contributed by atoms with E-state index in [4.69, 9.17) is 4.98 Å². The lowest BCUT2D eigenvalue weighted by atomic mass is 9.92. The molecule has 0 N–H and O–H groups in total. The standard InChI is InChI=1S/C22H26N4OS/c1-16-12-24-22(28-15-17-6-4-10-23-13-17)25-20(16)19-9-5-11-26(14-19)21(27)18-7-2-3-8-18/h4,6-7,10,12-13,19H,2-3,5,8-9,11,14-15H2,1H3. The second-order valence-electron chi connectivity index (χ2n) is 7.58. The van der Waals surface area contributed by atoms with E-state index in [9.17, 15) is 4.79 Å². The van der Waals surface area contributed by atoms with Gasteiger partial charge in [0.15, 0.2) is 5.16 Å². The molecular weight excluding hydrogens is 368 g/mol. The highest BCUT2D eigenvalue weighted by atomic mass is 32.2. The summed E-state index contributed by atoms with van der Waals surface area (Å²) in [6.07, 6.45) is 12.9. The molecule has 1 aliphatic carbocycles. The Bertz CT molecular complexity index is 868. The number of pyridine rings is 1. The van der Waals surface area contributed by atoms with Gasteiger partial charge in [0.05, 0.1) is 5.69 Å². The molecule has 1 atom stereocenters. The molecule has 3 heterocycles. The zero-order valence-electron chi connectivity index (χ0n) is 16.3. The summed E-state index contributed by atoms with van der Waals surface area (Å²) in [7, 11) is 0. The molecular formula is C22H26N4OS. The third-order valence-corrected chi connectivity index (χ3v) is 6.42. The number of aromatic nitrogens is 3. The number of aryl methyl sites for hydroxylation is 1. The minimum atomic E-state index is 0.236. The summed E-state index contributed by atoms with van der Waals surface area (Å²) in [6.45, 7) is 3.70. The summed E-state index contributed by atoms with van der Waals surface area (Å²) in [5, 5.41) is 0.798. The summed E-state index contributed by atoms with van der Waals surface area (Å²) in [4.78, 5) is 28.4. The van der Waals surface area contributed by atoms with Gasteiger partial charge in [0.25, 0.3) is 0 Å². The topological polar surface area (TPSA) is 59.0 Å². The number of rotatable bonds is 5. The fraction of sp³-hybridized carbons (Fsp3) is 0.455. The molecule has 0 saturated carbocycles. The molecule has 4 rings (SSSR count). The van der Waals surface area contributed by atoms with Gasteiger partial charge >= 0.3 is 0 Å². The van der Waals surface area contributed by atoms with Crippen LogP contribution in [-0.4, -0.2) is 38.8 Å². The number of hydrogen-bond acceptors (Lipinski definition) is 5. The monoisotopic (exact) mass is 394 g/mol. The molecule has 1 amide bonds. The highest BCUT2D eigenvalue weighted by Gasteiger charge is 2.29. The Morgan fingerprint density at radius 1 is 1.32 bits per heavy atom. The van der Waals surface area contributed by atoms with Crippen LogP contribution in [0.2, 0.25) is 0 Å². The van der Waals surface area contributed by atoms with Gasteiger partial charge in [-0.2, -0.15) is 0 Å². The third-order valence-electron chi connectivity index (χ3n) is 5.49. The van der Waals surface area contributed by atoms with E-state index in [2.05, 4.69) is 29.0 Å². The van der Waals surface area contributed by atoms with Crippen LogP contribution in [0.4, 0.5) is 0 Å². The molecule has 1 saturated heterocycles. The van der Waals surface area contributed by atoms with Gasteiger partial charge in [-0.15, -0.1) is 0 Å². The Morgan fingerprint density at radius 3 is 3.04 bits per heavy atom. The van der Waals surface area contributed by atoms with Gasteiger partial charge in [-0.05, 0) is 56.2 Å². The van der Waals surface area contributed by atoms with E-state index in [0.29, 0.717) is 5.92 Å². The summed E-state index contributed by atoms with van der Waals surface area (Å²) < 4.78 is 0. The first-order valence-electron chi connectivity index (χ1n) is 10.0. The number of hydrogen-bond donors (Lipinski definition) is 0. The van der Waals surface area contributed by atoms with E-state index < -0.39 is 0 Å². The zero-order valence-corrected chi connectivity index (χ0v) is 17.1. The molecule has 6 heteroatoms. The highest BCUT2D eigenvalue weighted by Crippen LogP contribution is 2.31. The highest BCUT2D eigenvalue weighted by molar-refractivity contribution is 7.98. The number of likely N-dealkylation sites (tertiary alicyclic amines) is 1. The second-order valence-corrected chi connectivity index (χ2v) is 8.53. The molecule has 1 fully saturated rings. The van der Waals surface area contributed by atoms with Crippen molar-refractivity contribution in [3.63, 3.8) is 0 Å². The normalized spacial score (nSPS) is 19.5. The predicted octanol–water partition coefficient (Wildman–Crippen LogP) is 4.29. The van der Waals surface area contributed by atoms with E-state index in [0.717, 1.165) is 78.5 Å². The van der Waals surface area contributed by atoms with Gasteiger partial charge in [-0.25, -0.2) is 9.97 Å². The van der Waals surface area contributed by atoms with Crippen LogP contribution in [0.15, 0.2) is 47.5 Å². The first-order chi connectivity index (χ1) is 13.7. The van der Waals surface area contributed by atoms with Crippen molar-refractivity contribution in [3.8, 4) is 0 Å². The maximum atomic E-state index is 12.8. The molecule has 146 valence electrons. The molecule has 1 aliphatic heterocycles. The van der Waals surface area contributed by atoms with Gasteiger partial charge in [-0.1, -0.05) is 23.9 Å². The lowest BCUT2D eigenvalue weighted by molar-refractivity contribution is -0.128. The second kappa shape index (κ2) is 8.86. The molecule has 0 spiro atoms. The minimum Gasteiger partial charge on any atom is -0.338 e. The Morgan fingerprint density at radius 2 is 2.25 bits per heavy atom. The number of carbonyl (C=O) groups excluding carboxylic acids is 1. The van der Waals surface area contributed by atoms with Crippen molar-refractivity contribution in [2.75, 3.05) is 13.1 Å². The van der Waals surface area contributed by atoms with Crippen LogP contribution in [0.3, 0.4) is 0 Å². The van der Waals surface area contributed by atoms with Crippen molar-refractivity contribution < 1.29 is 4.79 Å². The maximum absolute atomic E-state index is 12.8. The first kappa shape index (κ1) is 19.1. The van der Waals surface area contributed by atoms with Crippen molar-refractivity contribution in [2.24, 2.45) is 0 Å². The largest absolute Gasteiger partial charge is 0.338 e. The Kier molecular flexibility index (Phi) is 6.05. The van der Waals surface area contributed by atoms with Crippen LogP contribution < -0.4 is 0 Å². The fourth-order valence-corrected chi connectivity index (χ4v) is 4.76. The molecule has 28 heavy (non-hydrogen) atoms. The van der Waals surface area contributed by atoms with Crippen LogP contribution in [-0.2, 0) is 10.5 Å². The van der Waals surface area contributed by atoms with E-state index >= 15 is 0 Å². The van der Waals surface area contributed by atoms with Crippen LogP contribution >= 0.6 is 11.8 Å². The van der Waals surface area contributed by atoms with Crippen molar-refractivity contribution in [1.29, 1.82) is 0 Å². The van der Waals surface area contributed by atoms with Crippen LogP contribution in [0, 0.1) is 6.92 Å². The molecule has 2 aliphatic rings. The van der Waals surface area contributed by atoms with Crippen molar-refractivity contribution in [3.05, 3.63) is 59.2 Å². The number of nitrogens with zero attached hydrogens (tertiary/aromatic N) is 4. The van der Waals surface area contributed by atoms with Crippen LogP contribution in [0.25, 0.3) is 0 Å². The smallest absolute Gasteiger partial charge is 0.249 e. The average molecular weight is 395 g/mol. The molecule has 1 unspecified atom stereocenters. The van der Waals surface area contributed by atoms with Crippen molar-refractivity contribution >= 4 is 17.7 Å². The van der Waals surface area contributed by atoms with Crippen molar-refractivity contribution in [1.82, 2.24) is 19.9 Å². The summed E-state index contributed by atoms with van der Waals surface area (Å²) >= 11 is 1.64. The average Bonchev–Trinajstić information content (AvgIpc) is 3.28. The SMILES string of the molecule is Cc1cnc(SCc2cccnc2)nc1C1CCCN(C(=O)C2=CCCC2)C1. The number of amides is 1. The van der Waals surface area contributed by atoms with Crippen LogP contribution in [0.5, 0.6) is 0 Å². The summed E-state index contributed by atoms with van der Waals surface area (Å²) in [5.74, 6) is 1.33. The Hall–Kier alpha value is -2.21. The Labute approximate surface area is 170 Å². The zero-order chi connectivity index (χ0) is 19.3. The number of thioether (sulfide) groups is 1. The van der Waals surface area contributed by atoms with E-state index in [1.165, 1.54) is 0 Å². The first-order valence-corrected chi connectivity index (χ1v) is 11.0. The maximum Gasteiger partial charge on any atom is 0.249 e. The van der Waals surface area contributed by atoms with Gasteiger partial charge in [-0.3, -0.25) is 9.78 Å². The number of carbonyl (C=O) groups is 1. The molecule has 0 bridgehead atoms.